The molecule has 198 valence electrons. The Morgan fingerprint density at radius 3 is 2.38 bits per heavy atom. The number of hydrogen-bond donors (Lipinski definition) is 0. The van der Waals surface area contributed by atoms with Gasteiger partial charge in [-0.3, -0.25) is 14.4 Å². The molecule has 1 aromatic heterocycles. The summed E-state index contributed by atoms with van der Waals surface area (Å²) in [5, 5.41) is 2.58. The van der Waals surface area contributed by atoms with E-state index in [1.165, 1.54) is 4.90 Å². The minimum Gasteiger partial charge on any atom is -0.494 e. The molecule has 0 saturated carbocycles. The lowest BCUT2D eigenvalue weighted by Gasteiger charge is -2.27. The molecule has 0 aliphatic carbocycles. The van der Waals surface area contributed by atoms with Crippen LogP contribution in [0.4, 0.5) is 11.4 Å². The third-order valence-corrected chi connectivity index (χ3v) is 7.37. The molecule has 0 unspecified atom stereocenters. The van der Waals surface area contributed by atoms with Gasteiger partial charge >= 0.3 is 0 Å². The van der Waals surface area contributed by atoms with E-state index in [-0.39, 0.29) is 5.91 Å². The molecule has 3 aromatic carbocycles. The Balaban J connectivity index is 1.37. The van der Waals surface area contributed by atoms with Gasteiger partial charge in [0.25, 0.3) is 5.91 Å². The first kappa shape index (κ1) is 25.5. The van der Waals surface area contributed by atoms with Gasteiger partial charge in [0.05, 0.1) is 23.0 Å². The van der Waals surface area contributed by atoms with Gasteiger partial charge in [-0.1, -0.05) is 48.3 Å². The number of fused-ring (bicyclic) bond motifs is 1. The van der Waals surface area contributed by atoms with Gasteiger partial charge in [-0.2, -0.15) is 0 Å². The molecular formula is C30H24Cl2N2O5. The number of benzene rings is 3. The minimum absolute atomic E-state index is 0.366. The van der Waals surface area contributed by atoms with E-state index in [0.717, 1.165) is 6.42 Å². The molecule has 6 rings (SSSR count). The summed E-state index contributed by atoms with van der Waals surface area (Å²) in [5.74, 6) is -0.00157. The van der Waals surface area contributed by atoms with Crippen LogP contribution in [0.15, 0.2) is 89.3 Å². The van der Waals surface area contributed by atoms with Crippen molar-refractivity contribution < 1.29 is 23.6 Å². The van der Waals surface area contributed by atoms with Gasteiger partial charge < -0.3 is 9.15 Å². The Bertz CT molecular complexity index is 1520. The molecular weight excluding hydrogens is 539 g/mol. The molecule has 7 nitrogen and oxygen atoms in total. The summed E-state index contributed by atoms with van der Waals surface area (Å²) in [5.41, 5.74) is 1.78. The van der Waals surface area contributed by atoms with Crippen molar-refractivity contribution in [2.75, 3.05) is 16.6 Å². The number of para-hydroxylation sites is 1. The zero-order valence-corrected chi connectivity index (χ0v) is 22.4. The first-order valence-corrected chi connectivity index (χ1v) is 13.4. The summed E-state index contributed by atoms with van der Waals surface area (Å²) in [4.78, 5) is 34.8. The summed E-state index contributed by atoms with van der Waals surface area (Å²) in [6.45, 7) is 2.61. The molecule has 2 saturated heterocycles. The van der Waals surface area contributed by atoms with Crippen LogP contribution in [0.1, 0.15) is 25.1 Å². The number of rotatable bonds is 7. The van der Waals surface area contributed by atoms with E-state index in [9.17, 15) is 9.59 Å². The van der Waals surface area contributed by atoms with E-state index in [4.69, 9.17) is 37.2 Å². The lowest BCUT2D eigenvalue weighted by Crippen LogP contribution is -2.37. The fourth-order valence-electron chi connectivity index (χ4n) is 5.01. The van der Waals surface area contributed by atoms with Gasteiger partial charge in [0.15, 0.2) is 6.10 Å². The van der Waals surface area contributed by atoms with Gasteiger partial charge in [0.2, 0.25) is 5.91 Å². The number of imide groups is 1. The summed E-state index contributed by atoms with van der Waals surface area (Å²) < 4.78 is 11.9. The average Bonchev–Trinajstić information content (AvgIpc) is 3.65. The van der Waals surface area contributed by atoms with Crippen LogP contribution in [0, 0.1) is 5.92 Å². The molecule has 0 radical (unpaired) electrons. The van der Waals surface area contributed by atoms with Crippen molar-refractivity contribution in [2.24, 2.45) is 5.92 Å². The highest BCUT2D eigenvalue weighted by atomic mass is 35.5. The number of halogens is 2. The maximum Gasteiger partial charge on any atom is 0.266 e. The number of nitrogens with zero attached hydrogens (tertiary/aromatic N) is 2. The van der Waals surface area contributed by atoms with Crippen molar-refractivity contribution in [3.05, 3.63) is 101 Å². The quantitative estimate of drug-likeness (QED) is 0.224. The van der Waals surface area contributed by atoms with Gasteiger partial charge in [0, 0.05) is 10.6 Å². The molecule has 3 heterocycles. The standard InChI is InChI=1S/C30H24Cl2N2O5/c1-2-16-37-21-11-9-19(10-12-21)33-29(35)26-27(34(39-28(26)30(33)36)20-6-4-3-5-7-20)25-15-14-24(38-25)22-17-18(31)8-13-23(22)32/h3-15,17,26-28H,2,16H2,1H3/t26-,27-,28-/m0/s1. The summed E-state index contributed by atoms with van der Waals surface area (Å²) >= 11 is 12.6. The van der Waals surface area contributed by atoms with Gasteiger partial charge in [-0.15, -0.1) is 0 Å². The first-order chi connectivity index (χ1) is 19.0. The first-order valence-electron chi connectivity index (χ1n) is 12.6. The zero-order valence-electron chi connectivity index (χ0n) is 20.9. The third kappa shape index (κ3) is 4.56. The second-order valence-corrected chi connectivity index (χ2v) is 10.2. The number of carbonyl (C=O) groups is 2. The Labute approximate surface area is 235 Å². The number of carbonyl (C=O) groups excluding carboxylic acids is 2. The number of hydrogen-bond acceptors (Lipinski definition) is 6. The van der Waals surface area contributed by atoms with Crippen molar-refractivity contribution in [2.45, 2.75) is 25.5 Å². The van der Waals surface area contributed by atoms with E-state index < -0.39 is 24.0 Å². The largest absolute Gasteiger partial charge is 0.494 e. The van der Waals surface area contributed by atoms with Crippen LogP contribution in [0.5, 0.6) is 5.75 Å². The Kier molecular flexibility index (Phi) is 6.81. The zero-order chi connectivity index (χ0) is 27.1. The molecule has 2 aliphatic heterocycles. The van der Waals surface area contributed by atoms with Gasteiger partial charge in [0.1, 0.15) is 29.2 Å². The van der Waals surface area contributed by atoms with Crippen LogP contribution < -0.4 is 14.7 Å². The maximum atomic E-state index is 13.9. The highest BCUT2D eigenvalue weighted by Gasteiger charge is 2.61. The Morgan fingerprint density at radius 1 is 0.872 bits per heavy atom. The number of ether oxygens (including phenoxy) is 1. The molecule has 4 aromatic rings. The molecule has 0 spiro atoms. The Hall–Kier alpha value is -3.78. The van der Waals surface area contributed by atoms with E-state index in [1.807, 2.05) is 37.3 Å². The fourth-order valence-corrected chi connectivity index (χ4v) is 5.39. The van der Waals surface area contributed by atoms with Crippen LogP contribution in [-0.2, 0) is 14.4 Å². The third-order valence-electron chi connectivity index (χ3n) is 6.81. The van der Waals surface area contributed by atoms with Gasteiger partial charge in [-0.05, 0) is 73.2 Å². The van der Waals surface area contributed by atoms with Crippen LogP contribution >= 0.6 is 23.2 Å². The van der Waals surface area contributed by atoms with E-state index in [1.54, 1.807) is 59.7 Å². The van der Waals surface area contributed by atoms with E-state index >= 15 is 0 Å². The van der Waals surface area contributed by atoms with Gasteiger partial charge in [-0.25, -0.2) is 9.96 Å². The topological polar surface area (TPSA) is 72.2 Å². The highest BCUT2D eigenvalue weighted by molar-refractivity contribution is 6.35. The average molecular weight is 563 g/mol. The maximum absolute atomic E-state index is 13.9. The van der Waals surface area contributed by atoms with Crippen molar-refractivity contribution in [1.82, 2.24) is 0 Å². The monoisotopic (exact) mass is 562 g/mol. The molecule has 0 N–H and O–H groups in total. The van der Waals surface area contributed by atoms with Crippen LogP contribution in [-0.4, -0.2) is 24.5 Å². The smallest absolute Gasteiger partial charge is 0.266 e. The van der Waals surface area contributed by atoms with Crippen LogP contribution in [0.25, 0.3) is 11.3 Å². The highest BCUT2D eigenvalue weighted by Crippen LogP contribution is 2.48. The molecule has 2 aliphatic rings. The molecule has 3 atom stereocenters. The molecule has 9 heteroatoms. The summed E-state index contributed by atoms with van der Waals surface area (Å²) in [6, 6.07) is 24.2. The molecule has 2 amide bonds. The predicted octanol–water partition coefficient (Wildman–Crippen LogP) is 7.09. The van der Waals surface area contributed by atoms with Crippen molar-refractivity contribution in [1.29, 1.82) is 0 Å². The Morgan fingerprint density at radius 2 is 1.64 bits per heavy atom. The number of amides is 2. The normalized spacial score (nSPS) is 20.5. The number of hydroxylamine groups is 1. The molecule has 0 bridgehead atoms. The van der Waals surface area contributed by atoms with Crippen molar-refractivity contribution >= 4 is 46.4 Å². The lowest BCUT2D eigenvalue weighted by atomic mass is 9.94. The second kappa shape index (κ2) is 10.4. The van der Waals surface area contributed by atoms with E-state index in [0.29, 0.717) is 50.9 Å². The molecule has 39 heavy (non-hydrogen) atoms. The van der Waals surface area contributed by atoms with Crippen molar-refractivity contribution in [3.63, 3.8) is 0 Å². The van der Waals surface area contributed by atoms with E-state index in [2.05, 4.69) is 0 Å². The summed E-state index contributed by atoms with van der Waals surface area (Å²) in [6.07, 6.45) is -0.134. The second-order valence-electron chi connectivity index (χ2n) is 9.34. The van der Waals surface area contributed by atoms with Crippen LogP contribution in [0.3, 0.4) is 0 Å². The lowest BCUT2D eigenvalue weighted by molar-refractivity contribution is -0.126. The predicted molar refractivity (Wildman–Crippen MR) is 149 cm³/mol. The SMILES string of the molecule is CCCOc1ccc(N2C(=O)[C@@H]3[C@H](ON(c4ccccc4)[C@H]3c3ccc(-c4cc(Cl)ccc4Cl)o3)C2=O)cc1. The van der Waals surface area contributed by atoms with Crippen LogP contribution in [0.2, 0.25) is 10.0 Å². The number of anilines is 2. The summed E-state index contributed by atoms with van der Waals surface area (Å²) in [7, 11) is 0. The number of furan rings is 1. The minimum atomic E-state index is -1.01. The fraction of sp³-hybridized carbons (Fsp3) is 0.200. The molecule has 2 fully saturated rings. The van der Waals surface area contributed by atoms with Crippen molar-refractivity contribution in [3.8, 4) is 17.1 Å².